The molecule has 0 bridgehead atoms. The van der Waals surface area contributed by atoms with Gasteiger partial charge < -0.3 is 19.5 Å². The number of fused-ring (bicyclic) bond motifs is 2. The molecule has 1 N–H and O–H groups in total. The Hall–Kier alpha value is -2.63. The SMILES string of the molecule is COC(=O)C(C)(C)CN1CCC(=C2c3ccccc3COc3ccc(CCO)cc32)CC1. The normalized spacial score (nSPS) is 16.6. The zero-order valence-corrected chi connectivity index (χ0v) is 19.3. The van der Waals surface area contributed by atoms with Crippen LogP contribution in [0.5, 0.6) is 5.75 Å². The van der Waals surface area contributed by atoms with E-state index in [4.69, 9.17) is 9.47 Å². The first-order chi connectivity index (χ1) is 15.4. The Balaban J connectivity index is 1.68. The van der Waals surface area contributed by atoms with Gasteiger partial charge in [-0.3, -0.25) is 4.79 Å². The van der Waals surface area contributed by atoms with Crippen LogP contribution in [0.1, 0.15) is 48.9 Å². The number of hydrogen-bond donors (Lipinski definition) is 1. The predicted octanol–water partition coefficient (Wildman–Crippen LogP) is 4.21. The monoisotopic (exact) mass is 435 g/mol. The van der Waals surface area contributed by atoms with E-state index in [-0.39, 0.29) is 12.6 Å². The lowest BCUT2D eigenvalue weighted by atomic mass is 9.85. The molecule has 0 spiro atoms. The molecule has 0 atom stereocenters. The molecule has 5 heteroatoms. The highest BCUT2D eigenvalue weighted by molar-refractivity contribution is 5.87. The molecule has 2 heterocycles. The van der Waals surface area contributed by atoms with Crippen molar-refractivity contribution in [1.82, 2.24) is 4.90 Å². The average Bonchev–Trinajstić information content (AvgIpc) is 2.96. The summed E-state index contributed by atoms with van der Waals surface area (Å²) in [6.07, 6.45) is 2.53. The fraction of sp³-hybridized carbons (Fsp3) is 0.444. The summed E-state index contributed by atoms with van der Waals surface area (Å²) in [6.45, 7) is 7.10. The summed E-state index contributed by atoms with van der Waals surface area (Å²) in [6, 6.07) is 14.8. The molecule has 1 saturated heterocycles. The minimum absolute atomic E-state index is 0.132. The number of ether oxygens (including phenoxy) is 2. The number of carbonyl (C=O) groups is 1. The van der Waals surface area contributed by atoms with Crippen molar-refractivity contribution in [3.63, 3.8) is 0 Å². The Morgan fingerprint density at radius 1 is 1.12 bits per heavy atom. The summed E-state index contributed by atoms with van der Waals surface area (Å²) in [5.41, 5.74) is 6.87. The number of carbonyl (C=O) groups excluding carboxylic acids is 1. The van der Waals surface area contributed by atoms with Gasteiger partial charge in [0, 0.05) is 31.8 Å². The first-order valence-corrected chi connectivity index (χ1v) is 11.4. The number of rotatable bonds is 5. The van der Waals surface area contributed by atoms with Gasteiger partial charge in [0.15, 0.2) is 0 Å². The van der Waals surface area contributed by atoms with Gasteiger partial charge in [-0.1, -0.05) is 35.9 Å². The zero-order valence-electron chi connectivity index (χ0n) is 19.3. The minimum Gasteiger partial charge on any atom is -0.488 e. The van der Waals surface area contributed by atoms with Crippen molar-refractivity contribution in [2.45, 2.75) is 39.7 Å². The van der Waals surface area contributed by atoms with Crippen LogP contribution in [0.4, 0.5) is 0 Å². The topological polar surface area (TPSA) is 59.0 Å². The first kappa shape index (κ1) is 22.6. The zero-order chi connectivity index (χ0) is 22.7. The lowest BCUT2D eigenvalue weighted by Gasteiger charge is -2.35. The van der Waals surface area contributed by atoms with Gasteiger partial charge in [-0.05, 0) is 67.5 Å². The Morgan fingerprint density at radius 3 is 2.59 bits per heavy atom. The Bertz CT molecular complexity index is 1010. The summed E-state index contributed by atoms with van der Waals surface area (Å²) in [5, 5.41) is 9.45. The van der Waals surface area contributed by atoms with Crippen LogP contribution in [0.25, 0.3) is 5.57 Å². The number of esters is 1. The van der Waals surface area contributed by atoms with E-state index >= 15 is 0 Å². The van der Waals surface area contributed by atoms with Crippen LogP contribution in [0.3, 0.4) is 0 Å². The number of aliphatic hydroxyl groups is 1. The van der Waals surface area contributed by atoms with Crippen molar-refractivity contribution in [1.29, 1.82) is 0 Å². The predicted molar refractivity (Wildman–Crippen MR) is 125 cm³/mol. The molecule has 0 aromatic heterocycles. The molecule has 4 rings (SSSR count). The van der Waals surface area contributed by atoms with Crippen molar-refractivity contribution in [3.8, 4) is 5.75 Å². The number of hydrogen-bond acceptors (Lipinski definition) is 5. The van der Waals surface area contributed by atoms with Gasteiger partial charge in [-0.15, -0.1) is 0 Å². The van der Waals surface area contributed by atoms with Crippen molar-refractivity contribution < 1.29 is 19.4 Å². The maximum atomic E-state index is 12.1. The van der Waals surface area contributed by atoms with E-state index in [9.17, 15) is 9.90 Å². The Morgan fingerprint density at radius 2 is 1.88 bits per heavy atom. The molecular weight excluding hydrogens is 402 g/mol. The second kappa shape index (κ2) is 9.47. The molecule has 5 nitrogen and oxygen atoms in total. The van der Waals surface area contributed by atoms with E-state index in [0.717, 1.165) is 42.8 Å². The second-order valence-corrected chi connectivity index (χ2v) is 9.38. The standard InChI is InChI=1S/C27H33NO4/c1-27(2,26(30)31-3)18-28-13-10-20(11-14-28)25-22-7-5-4-6-21(22)17-32-24-9-8-19(12-15-29)16-23(24)25/h4-9,16,29H,10-15,17-18H2,1-3H3. The van der Waals surface area contributed by atoms with E-state index in [1.807, 2.05) is 26.0 Å². The van der Waals surface area contributed by atoms with Crippen LogP contribution < -0.4 is 4.74 Å². The highest BCUT2D eigenvalue weighted by Gasteiger charge is 2.33. The van der Waals surface area contributed by atoms with E-state index in [1.165, 1.54) is 29.4 Å². The molecule has 0 amide bonds. The lowest BCUT2D eigenvalue weighted by molar-refractivity contribution is -0.151. The smallest absolute Gasteiger partial charge is 0.312 e. The third kappa shape index (κ3) is 4.59. The van der Waals surface area contributed by atoms with Crippen LogP contribution in [-0.4, -0.2) is 49.3 Å². The van der Waals surface area contributed by atoms with Crippen LogP contribution in [0.2, 0.25) is 0 Å². The second-order valence-electron chi connectivity index (χ2n) is 9.38. The quantitative estimate of drug-likeness (QED) is 0.713. The fourth-order valence-electron chi connectivity index (χ4n) is 4.89. The van der Waals surface area contributed by atoms with Crippen molar-refractivity contribution >= 4 is 11.5 Å². The summed E-state index contributed by atoms with van der Waals surface area (Å²) in [7, 11) is 1.46. The van der Waals surface area contributed by atoms with Gasteiger partial charge in [-0.25, -0.2) is 0 Å². The van der Waals surface area contributed by atoms with Gasteiger partial charge in [0.25, 0.3) is 0 Å². The third-order valence-corrected chi connectivity index (χ3v) is 6.55. The van der Waals surface area contributed by atoms with Crippen LogP contribution in [0, 0.1) is 5.41 Å². The van der Waals surface area contributed by atoms with Crippen molar-refractivity contribution in [3.05, 3.63) is 70.3 Å². The maximum absolute atomic E-state index is 12.1. The summed E-state index contributed by atoms with van der Waals surface area (Å²) in [4.78, 5) is 14.5. The summed E-state index contributed by atoms with van der Waals surface area (Å²) < 4.78 is 11.2. The molecule has 2 aromatic rings. The molecule has 0 unspecified atom stereocenters. The molecule has 2 aliphatic rings. The Labute approximate surface area is 190 Å². The number of likely N-dealkylation sites (tertiary alicyclic amines) is 1. The molecule has 0 saturated carbocycles. The van der Waals surface area contributed by atoms with Gasteiger partial charge in [0.1, 0.15) is 12.4 Å². The molecule has 0 aliphatic carbocycles. The highest BCUT2D eigenvalue weighted by atomic mass is 16.5. The van der Waals surface area contributed by atoms with Crippen LogP contribution in [0.15, 0.2) is 48.0 Å². The molecule has 0 radical (unpaired) electrons. The molecule has 32 heavy (non-hydrogen) atoms. The lowest BCUT2D eigenvalue weighted by Crippen LogP contribution is -2.42. The van der Waals surface area contributed by atoms with Crippen LogP contribution >= 0.6 is 0 Å². The highest BCUT2D eigenvalue weighted by Crippen LogP contribution is 2.41. The van der Waals surface area contributed by atoms with Gasteiger partial charge >= 0.3 is 5.97 Å². The van der Waals surface area contributed by atoms with E-state index in [2.05, 4.69) is 35.2 Å². The third-order valence-electron chi connectivity index (χ3n) is 6.55. The summed E-state index contributed by atoms with van der Waals surface area (Å²) in [5.74, 6) is 0.737. The Kier molecular flexibility index (Phi) is 6.68. The largest absolute Gasteiger partial charge is 0.488 e. The molecule has 2 aromatic carbocycles. The number of benzene rings is 2. The number of aliphatic hydroxyl groups excluding tert-OH is 1. The first-order valence-electron chi connectivity index (χ1n) is 11.4. The number of methoxy groups -OCH3 is 1. The molecule has 170 valence electrons. The van der Waals surface area contributed by atoms with Gasteiger partial charge in [0.05, 0.1) is 12.5 Å². The van der Waals surface area contributed by atoms with Crippen LogP contribution in [-0.2, 0) is 22.6 Å². The average molecular weight is 436 g/mol. The molecular formula is C27H33NO4. The minimum atomic E-state index is -0.520. The van der Waals surface area contributed by atoms with Gasteiger partial charge in [0.2, 0.25) is 0 Å². The number of piperidine rings is 1. The van der Waals surface area contributed by atoms with E-state index < -0.39 is 5.41 Å². The van der Waals surface area contributed by atoms with Crippen molar-refractivity contribution in [2.75, 3.05) is 33.4 Å². The number of nitrogens with zero attached hydrogens (tertiary/aromatic N) is 1. The maximum Gasteiger partial charge on any atom is 0.312 e. The van der Waals surface area contributed by atoms with Gasteiger partial charge in [-0.2, -0.15) is 0 Å². The molecule has 1 fully saturated rings. The summed E-state index contributed by atoms with van der Waals surface area (Å²) >= 11 is 0. The fourth-order valence-corrected chi connectivity index (χ4v) is 4.89. The van der Waals surface area contributed by atoms with E-state index in [1.54, 1.807) is 0 Å². The van der Waals surface area contributed by atoms with E-state index in [0.29, 0.717) is 19.6 Å². The van der Waals surface area contributed by atoms with Crippen molar-refractivity contribution in [2.24, 2.45) is 5.41 Å². The molecule has 2 aliphatic heterocycles.